The number of carbonyl (C=O) groups excluding carboxylic acids is 2. The second kappa shape index (κ2) is 7.85. The Kier molecular flexibility index (Phi) is 5.55. The summed E-state index contributed by atoms with van der Waals surface area (Å²) in [6.07, 6.45) is 2.75. The minimum Gasteiger partial charge on any atom is -0.452 e. The van der Waals surface area contributed by atoms with Crippen LogP contribution in [0.25, 0.3) is 10.9 Å². The zero-order chi connectivity index (χ0) is 18.7. The number of aromatic nitrogens is 1. The van der Waals surface area contributed by atoms with Crippen molar-refractivity contribution < 1.29 is 14.3 Å². The number of ether oxygens (including phenoxy) is 1. The molecule has 1 amide bonds. The molecule has 0 aliphatic carbocycles. The Morgan fingerprint density at radius 2 is 1.92 bits per heavy atom. The molecule has 1 aliphatic rings. The van der Waals surface area contributed by atoms with E-state index in [1.807, 2.05) is 38.1 Å². The lowest BCUT2D eigenvalue weighted by molar-refractivity contribution is -0.135. The zero-order valence-corrected chi connectivity index (χ0v) is 15.7. The minimum atomic E-state index is -0.450. The van der Waals surface area contributed by atoms with E-state index in [9.17, 15) is 9.59 Å². The molecule has 26 heavy (non-hydrogen) atoms. The number of rotatable bonds is 4. The molecule has 2 heterocycles. The van der Waals surface area contributed by atoms with Crippen LogP contribution in [-0.2, 0) is 16.0 Å². The first-order chi connectivity index (χ1) is 12.5. The Balaban J connectivity index is 1.77. The largest absolute Gasteiger partial charge is 0.452 e. The SMILES string of the molecule is CCc1nc2ccccc2c(C(=O)OCC(=O)N2CCC(C)CC2)c1C. The number of likely N-dealkylation sites (tertiary alicyclic amines) is 1. The number of pyridine rings is 1. The van der Waals surface area contributed by atoms with Gasteiger partial charge in [-0.05, 0) is 43.7 Å². The maximum atomic E-state index is 12.8. The van der Waals surface area contributed by atoms with Crippen LogP contribution < -0.4 is 0 Å². The highest BCUT2D eigenvalue weighted by atomic mass is 16.5. The summed E-state index contributed by atoms with van der Waals surface area (Å²) in [5, 5.41) is 0.770. The summed E-state index contributed by atoms with van der Waals surface area (Å²) >= 11 is 0. The van der Waals surface area contributed by atoms with Crippen LogP contribution in [-0.4, -0.2) is 41.5 Å². The summed E-state index contributed by atoms with van der Waals surface area (Å²) in [6.45, 7) is 7.39. The molecule has 1 aromatic heterocycles. The molecular formula is C21H26N2O3. The molecule has 138 valence electrons. The molecule has 5 nitrogen and oxygen atoms in total. The normalized spacial score (nSPS) is 15.3. The number of hydrogen-bond acceptors (Lipinski definition) is 4. The van der Waals surface area contributed by atoms with Gasteiger partial charge < -0.3 is 9.64 Å². The van der Waals surface area contributed by atoms with Gasteiger partial charge >= 0.3 is 5.97 Å². The predicted octanol–water partition coefficient (Wildman–Crippen LogP) is 3.52. The molecular weight excluding hydrogens is 328 g/mol. The molecule has 0 spiro atoms. The fourth-order valence-electron chi connectivity index (χ4n) is 3.51. The van der Waals surface area contributed by atoms with Gasteiger partial charge in [-0.2, -0.15) is 0 Å². The second-order valence-electron chi connectivity index (χ2n) is 7.07. The first-order valence-electron chi connectivity index (χ1n) is 9.34. The van der Waals surface area contributed by atoms with E-state index in [0.717, 1.165) is 54.5 Å². The van der Waals surface area contributed by atoms with Crippen LogP contribution in [0.5, 0.6) is 0 Å². The van der Waals surface area contributed by atoms with Crippen molar-refractivity contribution in [3.8, 4) is 0 Å². The number of piperidine rings is 1. The molecule has 1 aromatic carbocycles. The highest BCUT2D eigenvalue weighted by molar-refractivity contribution is 6.05. The smallest absolute Gasteiger partial charge is 0.339 e. The first-order valence-corrected chi connectivity index (χ1v) is 9.34. The Morgan fingerprint density at radius 1 is 1.23 bits per heavy atom. The second-order valence-corrected chi connectivity index (χ2v) is 7.07. The first kappa shape index (κ1) is 18.4. The summed E-state index contributed by atoms with van der Waals surface area (Å²) in [5.74, 6) is 0.0893. The van der Waals surface area contributed by atoms with E-state index in [0.29, 0.717) is 11.5 Å². The van der Waals surface area contributed by atoms with Crippen molar-refractivity contribution in [1.82, 2.24) is 9.88 Å². The fourth-order valence-corrected chi connectivity index (χ4v) is 3.51. The number of fused-ring (bicyclic) bond motifs is 1. The molecule has 0 unspecified atom stereocenters. The average Bonchev–Trinajstić information content (AvgIpc) is 2.66. The number of hydrogen-bond donors (Lipinski definition) is 0. The predicted molar refractivity (Wildman–Crippen MR) is 101 cm³/mol. The van der Waals surface area contributed by atoms with Gasteiger partial charge in [0.05, 0.1) is 11.1 Å². The molecule has 1 saturated heterocycles. The molecule has 0 bridgehead atoms. The van der Waals surface area contributed by atoms with E-state index in [2.05, 4.69) is 11.9 Å². The van der Waals surface area contributed by atoms with Gasteiger partial charge in [-0.3, -0.25) is 9.78 Å². The van der Waals surface area contributed by atoms with Crippen LogP contribution in [0, 0.1) is 12.8 Å². The van der Waals surface area contributed by atoms with Crippen molar-refractivity contribution in [3.63, 3.8) is 0 Å². The van der Waals surface area contributed by atoms with Gasteiger partial charge in [-0.15, -0.1) is 0 Å². The Bertz CT molecular complexity index is 823. The van der Waals surface area contributed by atoms with Crippen LogP contribution >= 0.6 is 0 Å². The van der Waals surface area contributed by atoms with Crippen LogP contribution in [0.2, 0.25) is 0 Å². The maximum absolute atomic E-state index is 12.8. The lowest BCUT2D eigenvalue weighted by atomic mass is 9.99. The Morgan fingerprint density at radius 3 is 2.62 bits per heavy atom. The zero-order valence-electron chi connectivity index (χ0n) is 15.7. The van der Waals surface area contributed by atoms with Crippen LogP contribution in [0.1, 0.15) is 48.3 Å². The van der Waals surface area contributed by atoms with Crippen molar-refractivity contribution in [2.24, 2.45) is 5.92 Å². The number of benzene rings is 1. The summed E-state index contributed by atoms with van der Waals surface area (Å²) in [6, 6.07) is 7.55. The van der Waals surface area contributed by atoms with Crippen LogP contribution in [0.15, 0.2) is 24.3 Å². The van der Waals surface area contributed by atoms with Gasteiger partial charge in [-0.1, -0.05) is 32.0 Å². The van der Waals surface area contributed by atoms with E-state index >= 15 is 0 Å². The van der Waals surface area contributed by atoms with Crippen molar-refractivity contribution >= 4 is 22.8 Å². The maximum Gasteiger partial charge on any atom is 0.339 e. The molecule has 0 saturated carbocycles. The summed E-state index contributed by atoms with van der Waals surface area (Å²) in [7, 11) is 0. The molecule has 0 atom stereocenters. The summed E-state index contributed by atoms with van der Waals surface area (Å²) in [5.41, 5.74) is 3.01. The monoisotopic (exact) mass is 354 g/mol. The third kappa shape index (κ3) is 3.71. The fraction of sp³-hybridized carbons (Fsp3) is 0.476. The Labute approximate surface area is 154 Å². The van der Waals surface area contributed by atoms with Crippen molar-refractivity contribution in [2.45, 2.75) is 40.0 Å². The molecule has 1 aliphatic heterocycles. The van der Waals surface area contributed by atoms with Gasteiger partial charge in [0.25, 0.3) is 5.91 Å². The molecule has 2 aromatic rings. The quantitative estimate of drug-likeness (QED) is 0.788. The number of carbonyl (C=O) groups is 2. The van der Waals surface area contributed by atoms with Crippen molar-refractivity contribution in [2.75, 3.05) is 19.7 Å². The van der Waals surface area contributed by atoms with Gasteiger partial charge in [0.2, 0.25) is 0 Å². The highest BCUT2D eigenvalue weighted by Gasteiger charge is 2.23. The van der Waals surface area contributed by atoms with Crippen molar-refractivity contribution in [3.05, 3.63) is 41.1 Å². The summed E-state index contributed by atoms with van der Waals surface area (Å²) in [4.78, 5) is 31.5. The van der Waals surface area contributed by atoms with E-state index < -0.39 is 5.97 Å². The number of esters is 1. The van der Waals surface area contributed by atoms with Gasteiger partial charge in [0, 0.05) is 24.2 Å². The van der Waals surface area contributed by atoms with Crippen molar-refractivity contribution in [1.29, 1.82) is 0 Å². The standard InChI is InChI=1S/C21H26N2O3/c1-4-17-15(3)20(16-7-5-6-8-18(16)22-17)21(25)26-13-19(24)23-11-9-14(2)10-12-23/h5-8,14H,4,9-13H2,1-3H3. The van der Waals surface area contributed by atoms with E-state index in [1.54, 1.807) is 4.90 Å². The molecule has 3 rings (SSSR count). The molecule has 0 radical (unpaired) electrons. The van der Waals surface area contributed by atoms with Crippen LogP contribution in [0.3, 0.4) is 0 Å². The summed E-state index contributed by atoms with van der Waals surface area (Å²) < 4.78 is 5.40. The van der Waals surface area contributed by atoms with E-state index in [-0.39, 0.29) is 12.5 Å². The number of aryl methyl sites for hydroxylation is 1. The van der Waals surface area contributed by atoms with Gasteiger partial charge in [0.1, 0.15) is 0 Å². The van der Waals surface area contributed by atoms with E-state index in [1.165, 1.54) is 0 Å². The lowest BCUT2D eigenvalue weighted by Gasteiger charge is -2.30. The third-order valence-corrected chi connectivity index (χ3v) is 5.24. The molecule has 0 N–H and O–H groups in total. The highest BCUT2D eigenvalue weighted by Crippen LogP contribution is 2.24. The number of nitrogens with zero attached hydrogens (tertiary/aromatic N) is 2. The van der Waals surface area contributed by atoms with Gasteiger partial charge in [-0.25, -0.2) is 4.79 Å². The Hall–Kier alpha value is -2.43. The van der Waals surface area contributed by atoms with E-state index in [4.69, 9.17) is 4.74 Å². The van der Waals surface area contributed by atoms with Crippen LogP contribution in [0.4, 0.5) is 0 Å². The van der Waals surface area contributed by atoms with Gasteiger partial charge in [0.15, 0.2) is 6.61 Å². The average molecular weight is 354 g/mol. The molecule has 1 fully saturated rings. The topological polar surface area (TPSA) is 59.5 Å². The number of amides is 1. The third-order valence-electron chi connectivity index (χ3n) is 5.24. The number of para-hydroxylation sites is 1. The minimum absolute atomic E-state index is 0.114. The molecule has 5 heteroatoms. The lowest BCUT2D eigenvalue weighted by Crippen LogP contribution is -2.40.